The van der Waals surface area contributed by atoms with E-state index in [0.29, 0.717) is 15.8 Å². The molecule has 1 N–H and O–H groups in total. The molecule has 1 unspecified atom stereocenters. The summed E-state index contributed by atoms with van der Waals surface area (Å²) in [6.45, 7) is 0.0691. The van der Waals surface area contributed by atoms with Crippen LogP contribution in [0.25, 0.3) is 0 Å². The molecule has 0 saturated carbocycles. The molecular weight excluding hydrogens is 366 g/mol. The molecule has 0 radical (unpaired) electrons. The molecule has 1 atom stereocenters. The Labute approximate surface area is 153 Å². The van der Waals surface area contributed by atoms with E-state index in [-0.39, 0.29) is 32.0 Å². The molecule has 3 rings (SSSR count). The van der Waals surface area contributed by atoms with Crippen LogP contribution >= 0.6 is 22.9 Å². The quantitative estimate of drug-likeness (QED) is 0.832. The van der Waals surface area contributed by atoms with Gasteiger partial charge in [-0.05, 0) is 24.3 Å². The molecule has 1 aromatic carbocycles. The standard InChI is InChI=1S/C17H16ClNO5S/c18-15-6-5-12(25-15)8-19(9-17(21)22)16(20)7-11-10-23-13-3-1-2-4-14(13)24-11/h1-6,11H,7-10H2,(H,21,22). The Kier molecular flexibility index (Phi) is 5.45. The Morgan fingerprint density at radius 3 is 2.68 bits per heavy atom. The Balaban J connectivity index is 1.65. The molecule has 2 heterocycles. The average Bonchev–Trinajstić information content (AvgIpc) is 2.98. The van der Waals surface area contributed by atoms with E-state index in [4.69, 9.17) is 26.2 Å². The fourth-order valence-corrected chi connectivity index (χ4v) is 3.61. The van der Waals surface area contributed by atoms with E-state index in [1.165, 1.54) is 16.2 Å². The zero-order valence-electron chi connectivity index (χ0n) is 13.2. The summed E-state index contributed by atoms with van der Waals surface area (Å²) in [6.07, 6.45) is -0.411. The predicted octanol–water partition coefficient (Wildman–Crippen LogP) is 3.04. The number of carbonyl (C=O) groups excluding carboxylic acids is 1. The summed E-state index contributed by atoms with van der Waals surface area (Å²) >= 11 is 7.21. The fraction of sp³-hybridized carbons (Fsp3) is 0.294. The first-order valence-corrected chi connectivity index (χ1v) is 8.83. The van der Waals surface area contributed by atoms with Crippen LogP contribution in [0.2, 0.25) is 4.34 Å². The van der Waals surface area contributed by atoms with Gasteiger partial charge >= 0.3 is 5.97 Å². The lowest BCUT2D eigenvalue weighted by Gasteiger charge is -2.28. The summed E-state index contributed by atoms with van der Waals surface area (Å²) in [4.78, 5) is 25.8. The van der Waals surface area contributed by atoms with Crippen LogP contribution in [0.4, 0.5) is 0 Å². The number of carboxylic acid groups (broad SMARTS) is 1. The van der Waals surface area contributed by atoms with Crippen molar-refractivity contribution in [1.82, 2.24) is 4.90 Å². The second-order valence-electron chi connectivity index (χ2n) is 5.55. The Bertz CT molecular complexity index is 778. The van der Waals surface area contributed by atoms with E-state index < -0.39 is 12.1 Å². The summed E-state index contributed by atoms with van der Waals surface area (Å²) in [5, 5.41) is 9.08. The van der Waals surface area contributed by atoms with Crippen molar-refractivity contribution >= 4 is 34.8 Å². The second-order valence-corrected chi connectivity index (χ2v) is 7.35. The van der Waals surface area contributed by atoms with Crippen molar-refractivity contribution in [3.63, 3.8) is 0 Å². The fourth-order valence-electron chi connectivity index (χ4n) is 2.51. The smallest absolute Gasteiger partial charge is 0.323 e. The number of thiophene rings is 1. The lowest BCUT2D eigenvalue weighted by atomic mass is 10.2. The van der Waals surface area contributed by atoms with Crippen molar-refractivity contribution in [2.45, 2.75) is 19.1 Å². The van der Waals surface area contributed by atoms with Gasteiger partial charge in [0.25, 0.3) is 0 Å². The van der Waals surface area contributed by atoms with Gasteiger partial charge in [-0.1, -0.05) is 23.7 Å². The number of nitrogens with zero attached hydrogens (tertiary/aromatic N) is 1. The van der Waals surface area contributed by atoms with Gasteiger partial charge in [-0.2, -0.15) is 0 Å². The third kappa shape index (κ3) is 4.64. The maximum atomic E-state index is 12.6. The van der Waals surface area contributed by atoms with E-state index in [9.17, 15) is 9.59 Å². The van der Waals surface area contributed by atoms with E-state index in [0.717, 1.165) is 4.88 Å². The molecule has 1 aromatic heterocycles. The Hall–Kier alpha value is -2.25. The molecular formula is C17H16ClNO5S. The van der Waals surface area contributed by atoms with Crippen LogP contribution in [0.1, 0.15) is 11.3 Å². The van der Waals surface area contributed by atoms with Gasteiger partial charge in [-0.25, -0.2) is 0 Å². The molecule has 0 fully saturated rings. The Morgan fingerprint density at radius 2 is 2.00 bits per heavy atom. The average molecular weight is 382 g/mol. The number of aliphatic carboxylic acids is 1. The number of carboxylic acids is 1. The molecule has 0 spiro atoms. The Morgan fingerprint density at radius 1 is 1.24 bits per heavy atom. The first-order chi connectivity index (χ1) is 12.0. The molecule has 8 heteroatoms. The summed E-state index contributed by atoms with van der Waals surface area (Å²) < 4.78 is 12.0. The summed E-state index contributed by atoms with van der Waals surface area (Å²) in [5.41, 5.74) is 0. The molecule has 0 bridgehead atoms. The van der Waals surface area contributed by atoms with E-state index in [2.05, 4.69) is 0 Å². The molecule has 132 valence electrons. The van der Waals surface area contributed by atoms with Crippen LogP contribution < -0.4 is 9.47 Å². The minimum Gasteiger partial charge on any atom is -0.486 e. The molecule has 1 aliphatic rings. The first kappa shape index (κ1) is 17.6. The highest BCUT2D eigenvalue weighted by atomic mass is 35.5. The van der Waals surface area contributed by atoms with Gasteiger partial charge < -0.3 is 19.5 Å². The summed E-state index contributed by atoms with van der Waals surface area (Å²) in [5.74, 6) is -0.148. The largest absolute Gasteiger partial charge is 0.486 e. The number of benzene rings is 1. The number of fused-ring (bicyclic) bond motifs is 1. The van der Waals surface area contributed by atoms with Gasteiger partial charge in [-0.3, -0.25) is 9.59 Å². The van der Waals surface area contributed by atoms with Crippen LogP contribution in [0.5, 0.6) is 11.5 Å². The van der Waals surface area contributed by atoms with Crippen LogP contribution in [-0.2, 0) is 16.1 Å². The highest BCUT2D eigenvalue weighted by Gasteiger charge is 2.27. The van der Waals surface area contributed by atoms with Crippen molar-refractivity contribution in [2.75, 3.05) is 13.2 Å². The van der Waals surface area contributed by atoms with Crippen LogP contribution in [-0.4, -0.2) is 41.1 Å². The van der Waals surface area contributed by atoms with Gasteiger partial charge in [0, 0.05) is 4.88 Å². The number of carbonyl (C=O) groups is 2. The van der Waals surface area contributed by atoms with E-state index in [1.54, 1.807) is 24.3 Å². The number of para-hydroxylation sites is 2. The number of hydrogen-bond donors (Lipinski definition) is 1. The van der Waals surface area contributed by atoms with Crippen molar-refractivity contribution in [3.05, 3.63) is 45.6 Å². The topological polar surface area (TPSA) is 76.1 Å². The molecule has 6 nitrogen and oxygen atoms in total. The molecule has 1 amide bonds. The number of halogens is 1. The lowest BCUT2D eigenvalue weighted by Crippen LogP contribution is -2.40. The number of hydrogen-bond acceptors (Lipinski definition) is 5. The van der Waals surface area contributed by atoms with Gasteiger partial charge in [0.05, 0.1) is 17.3 Å². The first-order valence-electron chi connectivity index (χ1n) is 7.63. The molecule has 0 aliphatic carbocycles. The maximum absolute atomic E-state index is 12.6. The van der Waals surface area contributed by atoms with Gasteiger partial charge in [-0.15, -0.1) is 11.3 Å². The van der Waals surface area contributed by atoms with Crippen molar-refractivity contribution in [2.24, 2.45) is 0 Å². The number of rotatable bonds is 6. The molecule has 2 aromatic rings. The van der Waals surface area contributed by atoms with Crippen molar-refractivity contribution in [1.29, 1.82) is 0 Å². The summed E-state index contributed by atoms with van der Waals surface area (Å²) in [7, 11) is 0. The van der Waals surface area contributed by atoms with Crippen molar-refractivity contribution < 1.29 is 24.2 Å². The number of ether oxygens (including phenoxy) is 2. The maximum Gasteiger partial charge on any atom is 0.323 e. The van der Waals surface area contributed by atoms with Crippen LogP contribution in [0.3, 0.4) is 0 Å². The zero-order valence-corrected chi connectivity index (χ0v) is 14.8. The third-order valence-corrected chi connectivity index (χ3v) is 4.84. The molecule has 25 heavy (non-hydrogen) atoms. The van der Waals surface area contributed by atoms with E-state index in [1.807, 2.05) is 12.1 Å². The van der Waals surface area contributed by atoms with Crippen LogP contribution in [0.15, 0.2) is 36.4 Å². The SMILES string of the molecule is O=C(O)CN(Cc1ccc(Cl)s1)C(=O)CC1COc2ccccc2O1. The highest BCUT2D eigenvalue weighted by molar-refractivity contribution is 7.16. The normalized spacial score (nSPS) is 15.6. The minimum atomic E-state index is -1.07. The van der Waals surface area contributed by atoms with Gasteiger partial charge in [0.2, 0.25) is 5.91 Å². The monoisotopic (exact) mass is 381 g/mol. The predicted molar refractivity (Wildman–Crippen MR) is 93.4 cm³/mol. The second kappa shape index (κ2) is 7.76. The van der Waals surface area contributed by atoms with Crippen LogP contribution in [0, 0.1) is 0 Å². The summed E-state index contributed by atoms with van der Waals surface area (Å²) in [6, 6.07) is 10.7. The highest BCUT2D eigenvalue weighted by Crippen LogP contribution is 2.31. The van der Waals surface area contributed by atoms with E-state index >= 15 is 0 Å². The zero-order chi connectivity index (χ0) is 17.8. The minimum absolute atomic E-state index is 0.0424. The molecule has 0 saturated heterocycles. The number of amides is 1. The van der Waals surface area contributed by atoms with Crippen molar-refractivity contribution in [3.8, 4) is 11.5 Å². The third-order valence-electron chi connectivity index (χ3n) is 3.62. The van der Waals surface area contributed by atoms with Gasteiger partial charge in [0.1, 0.15) is 19.3 Å². The lowest BCUT2D eigenvalue weighted by molar-refractivity contribution is -0.145. The van der Waals surface area contributed by atoms with Gasteiger partial charge in [0.15, 0.2) is 11.5 Å². The molecule has 1 aliphatic heterocycles.